The van der Waals surface area contributed by atoms with E-state index < -0.39 is 0 Å². The Morgan fingerprint density at radius 2 is 1.90 bits per heavy atom. The summed E-state index contributed by atoms with van der Waals surface area (Å²) in [5.41, 5.74) is 2.28. The maximum atomic E-state index is 4.77. The fraction of sp³-hybridized carbons (Fsp3) is 0.500. The van der Waals surface area contributed by atoms with Gasteiger partial charge in [0, 0.05) is 6.20 Å². The van der Waals surface area contributed by atoms with Crippen molar-refractivity contribution in [3.8, 4) is 5.69 Å². The van der Waals surface area contributed by atoms with Crippen LogP contribution < -0.4 is 5.32 Å². The minimum absolute atomic E-state index is 0.373. The third kappa shape index (κ3) is 3.53. The molecule has 1 aliphatic carbocycles. The summed E-state index contributed by atoms with van der Waals surface area (Å²) in [4.78, 5) is 0. The maximum absolute atomic E-state index is 4.77. The topological polar surface area (TPSA) is 29.9 Å². The molecule has 2 aromatic rings. The lowest BCUT2D eigenvalue weighted by Crippen LogP contribution is -2.21. The summed E-state index contributed by atoms with van der Waals surface area (Å²) in [5, 5.41) is 8.23. The van der Waals surface area contributed by atoms with Gasteiger partial charge in [0.15, 0.2) is 0 Å². The van der Waals surface area contributed by atoms with E-state index in [1.54, 1.807) is 0 Å². The second-order valence-electron chi connectivity index (χ2n) is 6.10. The van der Waals surface area contributed by atoms with Gasteiger partial charge in [-0.05, 0) is 37.6 Å². The van der Waals surface area contributed by atoms with Gasteiger partial charge in [0.25, 0.3) is 0 Å². The van der Waals surface area contributed by atoms with Crippen LogP contribution in [0.5, 0.6) is 0 Å². The minimum Gasteiger partial charge on any atom is -0.312 e. The number of rotatable bonds is 5. The molecule has 1 N–H and O–H groups in total. The lowest BCUT2D eigenvalue weighted by Gasteiger charge is -2.25. The Morgan fingerprint density at radius 3 is 2.62 bits per heavy atom. The molecule has 0 amide bonds. The van der Waals surface area contributed by atoms with Crippen molar-refractivity contribution in [2.75, 3.05) is 7.05 Å². The van der Waals surface area contributed by atoms with Crippen molar-refractivity contribution in [2.45, 2.75) is 44.6 Å². The van der Waals surface area contributed by atoms with E-state index >= 15 is 0 Å². The third-order valence-electron chi connectivity index (χ3n) is 4.63. The monoisotopic (exact) mass is 283 g/mol. The van der Waals surface area contributed by atoms with Crippen molar-refractivity contribution in [3.05, 3.63) is 48.3 Å². The Morgan fingerprint density at radius 1 is 1.14 bits per heavy atom. The van der Waals surface area contributed by atoms with Crippen LogP contribution in [0.1, 0.15) is 50.3 Å². The minimum atomic E-state index is 0.373. The van der Waals surface area contributed by atoms with Crippen molar-refractivity contribution < 1.29 is 0 Å². The molecule has 0 spiro atoms. The SMILES string of the molecule is CNC(CC1CCCCC1)c1ccn(-c2ccccc2)n1. The van der Waals surface area contributed by atoms with Crippen molar-refractivity contribution in [1.82, 2.24) is 15.1 Å². The van der Waals surface area contributed by atoms with E-state index in [2.05, 4.69) is 36.8 Å². The number of nitrogens with one attached hydrogen (secondary N) is 1. The van der Waals surface area contributed by atoms with Crippen LogP contribution in [-0.2, 0) is 0 Å². The highest BCUT2D eigenvalue weighted by atomic mass is 15.3. The molecule has 1 aliphatic rings. The molecule has 1 saturated carbocycles. The predicted octanol–water partition coefficient (Wildman–Crippen LogP) is 4.10. The zero-order chi connectivity index (χ0) is 14.5. The summed E-state index contributed by atoms with van der Waals surface area (Å²) in [6.45, 7) is 0. The predicted molar refractivity (Wildman–Crippen MR) is 86.6 cm³/mol. The molecule has 1 aromatic carbocycles. The number of benzene rings is 1. The van der Waals surface area contributed by atoms with Gasteiger partial charge in [0.2, 0.25) is 0 Å². The molecule has 3 heteroatoms. The maximum Gasteiger partial charge on any atom is 0.0798 e. The summed E-state index contributed by atoms with van der Waals surface area (Å²) < 4.78 is 1.97. The van der Waals surface area contributed by atoms with Crippen LogP contribution in [0.3, 0.4) is 0 Å². The Hall–Kier alpha value is -1.61. The highest BCUT2D eigenvalue weighted by molar-refractivity contribution is 5.30. The van der Waals surface area contributed by atoms with Crippen LogP contribution in [0.25, 0.3) is 5.69 Å². The Kier molecular flexibility index (Phi) is 4.71. The standard InChI is InChI=1S/C18H25N3/c1-19-18(14-15-8-4-2-5-9-15)17-12-13-21(20-17)16-10-6-3-7-11-16/h3,6-7,10-13,15,18-19H,2,4-5,8-9,14H2,1H3. The Balaban J connectivity index is 1.71. The van der Waals surface area contributed by atoms with Crippen LogP contribution in [0, 0.1) is 5.92 Å². The number of para-hydroxylation sites is 1. The van der Waals surface area contributed by atoms with E-state index in [1.807, 2.05) is 22.9 Å². The van der Waals surface area contributed by atoms with E-state index in [1.165, 1.54) is 38.5 Å². The lowest BCUT2D eigenvalue weighted by molar-refractivity contribution is 0.303. The van der Waals surface area contributed by atoms with Gasteiger partial charge in [0.1, 0.15) is 0 Å². The van der Waals surface area contributed by atoms with E-state index in [-0.39, 0.29) is 0 Å². The van der Waals surface area contributed by atoms with Gasteiger partial charge < -0.3 is 5.32 Å². The Bertz CT molecular complexity index is 541. The molecule has 1 heterocycles. The molecule has 0 saturated heterocycles. The van der Waals surface area contributed by atoms with Crippen molar-refractivity contribution >= 4 is 0 Å². The summed E-state index contributed by atoms with van der Waals surface area (Å²) >= 11 is 0. The van der Waals surface area contributed by atoms with E-state index in [9.17, 15) is 0 Å². The van der Waals surface area contributed by atoms with E-state index in [0.717, 1.165) is 17.3 Å². The molecule has 3 rings (SSSR count). The molecule has 0 radical (unpaired) electrons. The van der Waals surface area contributed by atoms with Crippen LogP contribution in [0.2, 0.25) is 0 Å². The number of hydrogen-bond acceptors (Lipinski definition) is 2. The third-order valence-corrected chi connectivity index (χ3v) is 4.63. The first-order chi connectivity index (χ1) is 10.4. The molecule has 21 heavy (non-hydrogen) atoms. The molecule has 1 aromatic heterocycles. The lowest BCUT2D eigenvalue weighted by atomic mass is 9.84. The first-order valence-corrected chi connectivity index (χ1v) is 8.15. The zero-order valence-electron chi connectivity index (χ0n) is 12.8. The molecular formula is C18H25N3. The smallest absolute Gasteiger partial charge is 0.0798 e. The molecule has 1 atom stereocenters. The zero-order valence-corrected chi connectivity index (χ0v) is 12.8. The molecule has 3 nitrogen and oxygen atoms in total. The highest BCUT2D eigenvalue weighted by Crippen LogP contribution is 2.31. The van der Waals surface area contributed by atoms with Crippen LogP contribution >= 0.6 is 0 Å². The summed E-state index contributed by atoms with van der Waals surface area (Å²) in [6.07, 6.45) is 10.3. The quantitative estimate of drug-likeness (QED) is 0.895. The second kappa shape index (κ2) is 6.90. The van der Waals surface area contributed by atoms with Gasteiger partial charge in [-0.2, -0.15) is 5.10 Å². The van der Waals surface area contributed by atoms with E-state index in [4.69, 9.17) is 5.10 Å². The average Bonchev–Trinajstić information content (AvgIpc) is 3.04. The molecule has 112 valence electrons. The van der Waals surface area contributed by atoms with Gasteiger partial charge >= 0.3 is 0 Å². The second-order valence-corrected chi connectivity index (χ2v) is 6.10. The van der Waals surface area contributed by atoms with Gasteiger partial charge in [-0.25, -0.2) is 4.68 Å². The van der Waals surface area contributed by atoms with Crippen LogP contribution in [-0.4, -0.2) is 16.8 Å². The number of hydrogen-bond donors (Lipinski definition) is 1. The van der Waals surface area contributed by atoms with E-state index in [0.29, 0.717) is 6.04 Å². The van der Waals surface area contributed by atoms with Crippen LogP contribution in [0.15, 0.2) is 42.6 Å². The van der Waals surface area contributed by atoms with Crippen molar-refractivity contribution in [3.63, 3.8) is 0 Å². The molecular weight excluding hydrogens is 258 g/mol. The summed E-state index contributed by atoms with van der Waals surface area (Å²) in [5.74, 6) is 0.859. The van der Waals surface area contributed by atoms with Gasteiger partial charge in [-0.1, -0.05) is 50.3 Å². The molecule has 0 bridgehead atoms. The summed E-state index contributed by atoms with van der Waals surface area (Å²) in [6, 6.07) is 12.8. The molecule has 1 fully saturated rings. The normalized spacial score (nSPS) is 17.8. The van der Waals surface area contributed by atoms with Gasteiger partial charge in [-0.15, -0.1) is 0 Å². The average molecular weight is 283 g/mol. The summed E-state index contributed by atoms with van der Waals surface area (Å²) in [7, 11) is 2.05. The van der Waals surface area contributed by atoms with Crippen LogP contribution in [0.4, 0.5) is 0 Å². The fourth-order valence-corrected chi connectivity index (χ4v) is 3.39. The first-order valence-electron chi connectivity index (χ1n) is 8.15. The van der Waals surface area contributed by atoms with Crippen molar-refractivity contribution in [1.29, 1.82) is 0 Å². The molecule has 0 aliphatic heterocycles. The highest BCUT2D eigenvalue weighted by Gasteiger charge is 2.20. The number of nitrogens with zero attached hydrogens (tertiary/aromatic N) is 2. The van der Waals surface area contributed by atoms with Gasteiger partial charge in [-0.3, -0.25) is 0 Å². The van der Waals surface area contributed by atoms with Crippen molar-refractivity contribution in [2.24, 2.45) is 5.92 Å². The fourth-order valence-electron chi connectivity index (χ4n) is 3.39. The molecule has 1 unspecified atom stereocenters. The largest absolute Gasteiger partial charge is 0.312 e. The first kappa shape index (κ1) is 14.3. The Labute approximate surface area is 127 Å². The number of aromatic nitrogens is 2. The van der Waals surface area contributed by atoms with Gasteiger partial charge in [0.05, 0.1) is 17.4 Å².